The van der Waals surface area contributed by atoms with Crippen LogP contribution in [-0.4, -0.2) is 27.3 Å². The standard InChI is InChI=1S/C20H16F3N5OS/c1-11-16(28-9-3-4-14(17(28)25-11)20(21,22)23)15-10-30-19(27-15)26-13-7-5-12(6-8-13)18(29)24-2/h3-10H,1-2H3,(H,24,29)(H,26,27). The van der Waals surface area contributed by atoms with Gasteiger partial charge in [0.05, 0.1) is 17.0 Å². The number of benzene rings is 1. The lowest BCUT2D eigenvalue weighted by molar-refractivity contribution is -0.136. The number of nitrogens with zero attached hydrogens (tertiary/aromatic N) is 3. The highest BCUT2D eigenvalue weighted by Gasteiger charge is 2.34. The molecule has 154 valence electrons. The van der Waals surface area contributed by atoms with Gasteiger partial charge in [-0.25, -0.2) is 9.97 Å². The summed E-state index contributed by atoms with van der Waals surface area (Å²) in [7, 11) is 1.56. The van der Waals surface area contributed by atoms with Crippen LogP contribution in [0.3, 0.4) is 0 Å². The van der Waals surface area contributed by atoms with Crippen molar-refractivity contribution in [1.82, 2.24) is 19.7 Å². The molecule has 0 fully saturated rings. The number of carbonyl (C=O) groups excluding carboxylic acids is 1. The average Bonchev–Trinajstić information content (AvgIpc) is 3.29. The van der Waals surface area contributed by atoms with Crippen molar-refractivity contribution < 1.29 is 18.0 Å². The molecule has 0 atom stereocenters. The predicted molar refractivity (Wildman–Crippen MR) is 109 cm³/mol. The van der Waals surface area contributed by atoms with Crippen molar-refractivity contribution in [2.24, 2.45) is 0 Å². The summed E-state index contributed by atoms with van der Waals surface area (Å²) in [6.07, 6.45) is -2.95. The summed E-state index contributed by atoms with van der Waals surface area (Å²) in [6.45, 7) is 1.66. The SMILES string of the molecule is CNC(=O)c1ccc(Nc2nc(-c3c(C)nc4c(C(F)(F)F)cccn34)cs2)cc1. The first-order chi connectivity index (χ1) is 14.3. The molecule has 3 aromatic heterocycles. The molecule has 30 heavy (non-hydrogen) atoms. The maximum atomic E-state index is 13.3. The van der Waals surface area contributed by atoms with Crippen molar-refractivity contribution >= 4 is 33.7 Å². The lowest BCUT2D eigenvalue weighted by Gasteiger charge is -2.08. The number of alkyl halides is 3. The van der Waals surface area contributed by atoms with Crippen LogP contribution < -0.4 is 10.6 Å². The first-order valence-corrected chi connectivity index (χ1v) is 9.76. The summed E-state index contributed by atoms with van der Waals surface area (Å²) < 4.78 is 41.3. The van der Waals surface area contributed by atoms with Crippen LogP contribution in [0.25, 0.3) is 17.0 Å². The van der Waals surface area contributed by atoms with Gasteiger partial charge in [0, 0.05) is 29.9 Å². The summed E-state index contributed by atoms with van der Waals surface area (Å²) in [5.41, 5.74) is 1.82. The second kappa shape index (κ2) is 7.45. The Morgan fingerprint density at radius 2 is 1.87 bits per heavy atom. The Morgan fingerprint density at radius 3 is 2.53 bits per heavy atom. The minimum Gasteiger partial charge on any atom is -0.355 e. The van der Waals surface area contributed by atoms with Gasteiger partial charge in [0.15, 0.2) is 5.13 Å². The topological polar surface area (TPSA) is 71.3 Å². The van der Waals surface area contributed by atoms with Crippen molar-refractivity contribution in [2.45, 2.75) is 13.1 Å². The summed E-state index contributed by atoms with van der Waals surface area (Å²) in [6, 6.07) is 9.23. The predicted octanol–water partition coefficient (Wildman–Crippen LogP) is 4.89. The number of amides is 1. The van der Waals surface area contributed by atoms with E-state index in [0.717, 1.165) is 11.8 Å². The maximum Gasteiger partial charge on any atom is 0.419 e. The van der Waals surface area contributed by atoms with Crippen molar-refractivity contribution in [3.63, 3.8) is 0 Å². The monoisotopic (exact) mass is 431 g/mol. The van der Waals surface area contributed by atoms with Crippen LogP contribution in [-0.2, 0) is 6.18 Å². The number of thiazole rings is 1. The Labute approximate surface area is 173 Å². The number of nitrogens with one attached hydrogen (secondary N) is 2. The van der Waals surface area contributed by atoms with E-state index < -0.39 is 11.7 Å². The first kappa shape index (κ1) is 19.9. The molecule has 0 spiro atoms. The van der Waals surface area contributed by atoms with E-state index in [1.165, 1.54) is 21.8 Å². The van der Waals surface area contributed by atoms with E-state index in [1.54, 1.807) is 49.8 Å². The molecule has 0 aliphatic heterocycles. The number of hydrogen-bond acceptors (Lipinski definition) is 5. The van der Waals surface area contributed by atoms with E-state index in [-0.39, 0.29) is 11.6 Å². The normalized spacial score (nSPS) is 11.6. The largest absolute Gasteiger partial charge is 0.419 e. The summed E-state index contributed by atoms with van der Waals surface area (Å²) >= 11 is 1.32. The van der Waals surface area contributed by atoms with Gasteiger partial charge in [-0.3, -0.25) is 9.20 Å². The Hall–Kier alpha value is -3.40. The van der Waals surface area contributed by atoms with E-state index >= 15 is 0 Å². The molecular formula is C20H16F3N5OS. The number of aryl methyl sites for hydroxylation is 1. The van der Waals surface area contributed by atoms with Crippen molar-refractivity contribution in [3.8, 4) is 11.4 Å². The molecule has 3 heterocycles. The minimum atomic E-state index is -4.49. The average molecular weight is 431 g/mol. The zero-order chi connectivity index (χ0) is 21.5. The van der Waals surface area contributed by atoms with Crippen LogP contribution in [0.5, 0.6) is 0 Å². The van der Waals surface area contributed by atoms with Crippen LogP contribution in [0.2, 0.25) is 0 Å². The lowest BCUT2D eigenvalue weighted by Crippen LogP contribution is -2.17. The molecule has 0 aliphatic carbocycles. The molecule has 0 radical (unpaired) electrons. The van der Waals surface area contributed by atoms with Gasteiger partial charge < -0.3 is 10.6 Å². The molecule has 0 saturated heterocycles. The number of hydrogen-bond donors (Lipinski definition) is 2. The highest BCUT2D eigenvalue weighted by Crippen LogP contribution is 2.35. The Morgan fingerprint density at radius 1 is 1.13 bits per heavy atom. The van der Waals surface area contributed by atoms with Gasteiger partial charge in [-0.1, -0.05) is 0 Å². The van der Waals surface area contributed by atoms with E-state index in [0.29, 0.717) is 27.8 Å². The number of carbonyl (C=O) groups is 1. The molecule has 4 aromatic rings. The molecular weight excluding hydrogens is 415 g/mol. The third-order valence-electron chi connectivity index (χ3n) is 4.50. The van der Waals surface area contributed by atoms with Gasteiger partial charge in [-0.05, 0) is 43.3 Å². The van der Waals surface area contributed by atoms with Crippen LogP contribution >= 0.6 is 11.3 Å². The molecule has 2 N–H and O–H groups in total. The van der Waals surface area contributed by atoms with Crippen molar-refractivity contribution in [3.05, 3.63) is 64.8 Å². The third-order valence-corrected chi connectivity index (χ3v) is 5.26. The second-order valence-electron chi connectivity index (χ2n) is 6.48. The number of halogens is 3. The Kier molecular flexibility index (Phi) is 4.94. The molecule has 6 nitrogen and oxygen atoms in total. The van der Waals surface area contributed by atoms with Gasteiger partial charge in [-0.15, -0.1) is 11.3 Å². The summed E-state index contributed by atoms with van der Waals surface area (Å²) in [5, 5.41) is 8.02. The molecule has 0 unspecified atom stereocenters. The van der Waals surface area contributed by atoms with E-state index in [9.17, 15) is 18.0 Å². The minimum absolute atomic E-state index is 0.148. The number of pyridine rings is 1. The van der Waals surface area contributed by atoms with E-state index in [2.05, 4.69) is 20.6 Å². The number of rotatable bonds is 4. The smallest absolute Gasteiger partial charge is 0.355 e. The maximum absolute atomic E-state index is 13.3. The third kappa shape index (κ3) is 3.61. The highest BCUT2D eigenvalue weighted by molar-refractivity contribution is 7.14. The Balaban J connectivity index is 1.65. The van der Waals surface area contributed by atoms with Gasteiger partial charge in [-0.2, -0.15) is 13.2 Å². The number of imidazole rings is 1. The molecule has 0 saturated carbocycles. The molecule has 1 aromatic carbocycles. The molecule has 1 amide bonds. The van der Waals surface area contributed by atoms with Gasteiger partial charge in [0.1, 0.15) is 11.3 Å². The zero-order valence-corrected chi connectivity index (χ0v) is 16.7. The van der Waals surface area contributed by atoms with Crippen molar-refractivity contribution in [2.75, 3.05) is 12.4 Å². The fourth-order valence-electron chi connectivity index (χ4n) is 3.12. The lowest BCUT2D eigenvalue weighted by atomic mass is 10.2. The van der Waals surface area contributed by atoms with Gasteiger partial charge >= 0.3 is 6.18 Å². The fourth-order valence-corrected chi connectivity index (χ4v) is 3.84. The number of aromatic nitrogens is 3. The van der Waals surface area contributed by atoms with Crippen LogP contribution in [0, 0.1) is 6.92 Å². The van der Waals surface area contributed by atoms with E-state index in [4.69, 9.17) is 0 Å². The van der Waals surface area contributed by atoms with Crippen LogP contribution in [0.15, 0.2) is 48.0 Å². The number of anilines is 2. The van der Waals surface area contributed by atoms with Gasteiger partial charge in [0.2, 0.25) is 0 Å². The summed E-state index contributed by atoms with van der Waals surface area (Å²) in [5.74, 6) is -0.181. The molecule has 10 heteroatoms. The molecule has 0 bridgehead atoms. The Bertz CT molecular complexity index is 1230. The molecule has 4 rings (SSSR count). The molecule has 0 aliphatic rings. The quantitative estimate of drug-likeness (QED) is 0.483. The first-order valence-electron chi connectivity index (χ1n) is 8.88. The zero-order valence-electron chi connectivity index (χ0n) is 15.9. The fraction of sp³-hybridized carbons (Fsp3) is 0.150. The number of fused-ring (bicyclic) bond motifs is 1. The van der Waals surface area contributed by atoms with Crippen molar-refractivity contribution in [1.29, 1.82) is 0 Å². The highest BCUT2D eigenvalue weighted by atomic mass is 32.1. The van der Waals surface area contributed by atoms with Crippen LogP contribution in [0.4, 0.5) is 24.0 Å². The van der Waals surface area contributed by atoms with Gasteiger partial charge in [0.25, 0.3) is 5.91 Å². The second-order valence-corrected chi connectivity index (χ2v) is 7.34. The summed E-state index contributed by atoms with van der Waals surface area (Å²) in [4.78, 5) is 20.3. The van der Waals surface area contributed by atoms with E-state index in [1.807, 2.05) is 0 Å². The van der Waals surface area contributed by atoms with Crippen LogP contribution in [0.1, 0.15) is 21.6 Å².